The zero-order chi connectivity index (χ0) is 21.0. The molecule has 7 heteroatoms. The van der Waals surface area contributed by atoms with Gasteiger partial charge in [0, 0.05) is 24.7 Å². The lowest BCUT2D eigenvalue weighted by Crippen LogP contribution is -2.31. The summed E-state index contributed by atoms with van der Waals surface area (Å²) < 4.78 is 23.6. The molecule has 0 bridgehead atoms. The lowest BCUT2D eigenvalue weighted by molar-refractivity contribution is 0.250. The van der Waals surface area contributed by atoms with Gasteiger partial charge in [-0.25, -0.2) is 0 Å². The van der Waals surface area contributed by atoms with Crippen molar-refractivity contribution in [3.05, 3.63) is 45.4 Å². The highest BCUT2D eigenvalue weighted by Crippen LogP contribution is 2.42. The molecule has 0 spiro atoms. The molecule has 3 rings (SSSR count). The van der Waals surface area contributed by atoms with Crippen molar-refractivity contribution < 1.29 is 18.9 Å². The minimum atomic E-state index is -0.0157. The Balaban J connectivity index is 2.02. The molecule has 158 valence electrons. The Hall–Kier alpha value is -1.96. The predicted octanol–water partition coefficient (Wildman–Crippen LogP) is 3.65. The zero-order valence-electron chi connectivity index (χ0n) is 17.7. The molecule has 0 aromatic heterocycles. The third kappa shape index (κ3) is 4.79. The van der Waals surface area contributed by atoms with Crippen molar-refractivity contribution in [3.63, 3.8) is 0 Å². The molecular weight excluding hydrogens is 436 g/mol. The highest BCUT2D eigenvalue weighted by molar-refractivity contribution is 9.10. The fourth-order valence-electron chi connectivity index (χ4n) is 3.56. The second-order valence-electron chi connectivity index (χ2n) is 7.22. The Labute approximate surface area is 181 Å². The minimum Gasteiger partial charge on any atom is -0.496 e. The van der Waals surface area contributed by atoms with E-state index in [0.29, 0.717) is 6.61 Å². The highest BCUT2D eigenvalue weighted by atomic mass is 79.9. The normalized spacial score (nSPS) is 15.8. The van der Waals surface area contributed by atoms with E-state index in [1.54, 1.807) is 21.3 Å². The van der Waals surface area contributed by atoms with Crippen molar-refractivity contribution >= 4 is 15.9 Å². The van der Waals surface area contributed by atoms with Crippen molar-refractivity contribution in [2.45, 2.75) is 12.5 Å². The molecule has 1 heterocycles. The van der Waals surface area contributed by atoms with Gasteiger partial charge in [0.1, 0.15) is 18.1 Å². The van der Waals surface area contributed by atoms with Gasteiger partial charge in [0.05, 0.1) is 31.8 Å². The molecule has 2 aromatic rings. The van der Waals surface area contributed by atoms with Crippen molar-refractivity contribution in [2.24, 2.45) is 0 Å². The number of rotatable bonds is 8. The smallest absolute Gasteiger partial charge is 0.161 e. The van der Waals surface area contributed by atoms with Crippen molar-refractivity contribution in [3.8, 4) is 23.0 Å². The van der Waals surface area contributed by atoms with Crippen LogP contribution in [0.25, 0.3) is 0 Å². The van der Waals surface area contributed by atoms with Crippen molar-refractivity contribution in [1.29, 1.82) is 0 Å². The monoisotopic (exact) mass is 464 g/mol. The molecular formula is C22H29BrN2O4. The van der Waals surface area contributed by atoms with Gasteiger partial charge in [-0.15, -0.1) is 0 Å². The summed E-state index contributed by atoms with van der Waals surface area (Å²) in [4.78, 5) is 2.09. The number of hydrogen-bond acceptors (Lipinski definition) is 6. The first-order valence-corrected chi connectivity index (χ1v) is 10.4. The highest BCUT2D eigenvalue weighted by Gasteiger charge is 2.27. The van der Waals surface area contributed by atoms with Crippen LogP contribution in [-0.2, 0) is 6.42 Å². The summed E-state index contributed by atoms with van der Waals surface area (Å²) in [6.45, 7) is 2.30. The first-order valence-electron chi connectivity index (χ1n) is 9.61. The Morgan fingerprint density at radius 2 is 1.66 bits per heavy atom. The van der Waals surface area contributed by atoms with E-state index in [2.05, 4.69) is 44.3 Å². The number of fused-ring (bicyclic) bond motifs is 1. The van der Waals surface area contributed by atoms with Gasteiger partial charge in [-0.2, -0.15) is 0 Å². The van der Waals surface area contributed by atoms with Crippen LogP contribution in [0.3, 0.4) is 0 Å². The van der Waals surface area contributed by atoms with E-state index in [1.165, 1.54) is 11.1 Å². The molecule has 1 unspecified atom stereocenters. The van der Waals surface area contributed by atoms with Crippen LogP contribution in [0.1, 0.15) is 22.7 Å². The van der Waals surface area contributed by atoms with E-state index in [0.717, 1.165) is 52.5 Å². The summed E-state index contributed by atoms with van der Waals surface area (Å²) in [5, 5.41) is 3.62. The van der Waals surface area contributed by atoms with Crippen LogP contribution in [-0.4, -0.2) is 60.0 Å². The second kappa shape index (κ2) is 9.69. The first-order chi connectivity index (χ1) is 14.0. The van der Waals surface area contributed by atoms with Gasteiger partial charge in [-0.1, -0.05) is 0 Å². The van der Waals surface area contributed by atoms with Crippen molar-refractivity contribution in [2.75, 3.05) is 55.1 Å². The van der Waals surface area contributed by atoms with Crippen LogP contribution in [0, 0.1) is 0 Å². The van der Waals surface area contributed by atoms with Crippen LogP contribution < -0.4 is 24.3 Å². The van der Waals surface area contributed by atoms with Crippen LogP contribution >= 0.6 is 15.9 Å². The van der Waals surface area contributed by atoms with Crippen LogP contribution in [0.4, 0.5) is 0 Å². The van der Waals surface area contributed by atoms with Gasteiger partial charge in [0.15, 0.2) is 11.5 Å². The van der Waals surface area contributed by atoms with E-state index in [1.807, 2.05) is 20.2 Å². The van der Waals surface area contributed by atoms with Gasteiger partial charge in [-0.3, -0.25) is 0 Å². The first kappa shape index (κ1) is 21.7. The van der Waals surface area contributed by atoms with Gasteiger partial charge in [0.2, 0.25) is 0 Å². The number of benzene rings is 2. The third-order valence-corrected chi connectivity index (χ3v) is 5.71. The second-order valence-corrected chi connectivity index (χ2v) is 8.07. The van der Waals surface area contributed by atoms with Crippen LogP contribution in [0.2, 0.25) is 0 Å². The molecule has 0 radical (unpaired) electrons. The van der Waals surface area contributed by atoms with Crippen LogP contribution in [0.5, 0.6) is 23.0 Å². The molecule has 1 aliphatic rings. The lowest BCUT2D eigenvalue weighted by atomic mass is 9.89. The van der Waals surface area contributed by atoms with Gasteiger partial charge < -0.3 is 29.2 Å². The Bertz CT molecular complexity index is 857. The van der Waals surface area contributed by atoms with E-state index < -0.39 is 0 Å². The topological polar surface area (TPSA) is 52.2 Å². The SMILES string of the molecule is COc1cc(OC)c(C2NCCc3cc(OC)c(OCCN(C)C)cc32)cc1Br. The van der Waals surface area contributed by atoms with Crippen molar-refractivity contribution in [1.82, 2.24) is 10.2 Å². The molecule has 2 aromatic carbocycles. The largest absolute Gasteiger partial charge is 0.496 e. The molecule has 0 saturated carbocycles. The van der Waals surface area contributed by atoms with Gasteiger partial charge in [0.25, 0.3) is 0 Å². The Morgan fingerprint density at radius 1 is 0.931 bits per heavy atom. The third-order valence-electron chi connectivity index (χ3n) is 5.09. The molecule has 1 N–H and O–H groups in total. The maximum absolute atomic E-state index is 6.05. The Morgan fingerprint density at radius 3 is 2.31 bits per heavy atom. The molecule has 0 aliphatic carbocycles. The predicted molar refractivity (Wildman–Crippen MR) is 118 cm³/mol. The maximum Gasteiger partial charge on any atom is 0.161 e. The number of hydrogen-bond donors (Lipinski definition) is 1. The minimum absolute atomic E-state index is 0.0157. The summed E-state index contributed by atoms with van der Waals surface area (Å²) in [5.41, 5.74) is 3.47. The summed E-state index contributed by atoms with van der Waals surface area (Å²) in [6.07, 6.45) is 0.930. The zero-order valence-corrected chi connectivity index (χ0v) is 19.3. The summed E-state index contributed by atoms with van der Waals surface area (Å²) in [6, 6.07) is 8.14. The summed E-state index contributed by atoms with van der Waals surface area (Å²) in [7, 11) is 9.07. The number of nitrogens with zero attached hydrogens (tertiary/aromatic N) is 1. The number of likely N-dealkylation sites (N-methyl/N-ethyl adjacent to an activating group) is 1. The van der Waals surface area contributed by atoms with E-state index in [9.17, 15) is 0 Å². The average Bonchev–Trinajstić information content (AvgIpc) is 2.72. The van der Waals surface area contributed by atoms with Gasteiger partial charge in [-0.05, 0) is 65.8 Å². The molecule has 0 fully saturated rings. The molecule has 29 heavy (non-hydrogen) atoms. The van der Waals surface area contributed by atoms with Crippen LogP contribution in [0.15, 0.2) is 28.7 Å². The summed E-state index contributed by atoms with van der Waals surface area (Å²) >= 11 is 3.60. The number of halogens is 1. The molecule has 1 aliphatic heterocycles. The molecule has 0 saturated heterocycles. The molecule has 0 amide bonds. The maximum atomic E-state index is 6.05. The number of nitrogens with one attached hydrogen (secondary N) is 1. The number of methoxy groups -OCH3 is 3. The average molecular weight is 465 g/mol. The fourth-order valence-corrected chi connectivity index (χ4v) is 4.08. The summed E-state index contributed by atoms with van der Waals surface area (Å²) in [5.74, 6) is 3.05. The van der Waals surface area contributed by atoms with E-state index in [-0.39, 0.29) is 6.04 Å². The number of ether oxygens (including phenoxy) is 4. The fraction of sp³-hybridized carbons (Fsp3) is 0.455. The van der Waals surface area contributed by atoms with E-state index in [4.69, 9.17) is 18.9 Å². The standard InChI is InChI=1S/C22H29BrN2O4/c1-25(2)8-9-29-21-12-15-14(10-20(21)28-5)6-7-24-22(15)16-11-17(23)19(27-4)13-18(16)26-3/h10-13,22,24H,6-9H2,1-5H3. The van der Waals surface area contributed by atoms with E-state index >= 15 is 0 Å². The van der Waals surface area contributed by atoms with Gasteiger partial charge >= 0.3 is 0 Å². The molecule has 6 nitrogen and oxygen atoms in total. The quantitative estimate of drug-likeness (QED) is 0.643. The Kier molecular flexibility index (Phi) is 7.27. The lowest BCUT2D eigenvalue weighted by Gasteiger charge is -2.30. The molecule has 1 atom stereocenters.